The number of hydrogen-bond donors (Lipinski definition) is 0. The molecule has 0 radical (unpaired) electrons. The van der Waals surface area contributed by atoms with Crippen LogP contribution in [0.15, 0.2) is 51.4 Å². The molecule has 0 spiro atoms. The van der Waals surface area contributed by atoms with E-state index in [4.69, 9.17) is 16.1 Å². The van der Waals surface area contributed by atoms with Gasteiger partial charge in [-0.3, -0.25) is 9.36 Å². The molecule has 0 saturated carbocycles. The minimum absolute atomic E-state index is 0.117. The van der Waals surface area contributed by atoms with Gasteiger partial charge in [0.05, 0.1) is 18.3 Å². The van der Waals surface area contributed by atoms with Crippen molar-refractivity contribution in [3.05, 3.63) is 63.2 Å². The van der Waals surface area contributed by atoms with E-state index in [1.807, 2.05) is 5.38 Å². The molecular weight excluding hydrogens is 336 g/mol. The predicted octanol–water partition coefficient (Wildman–Crippen LogP) is 3.21. The summed E-state index contributed by atoms with van der Waals surface area (Å²) in [7, 11) is 0. The summed E-state index contributed by atoms with van der Waals surface area (Å²) < 4.78 is 6.70. The van der Waals surface area contributed by atoms with E-state index in [1.54, 1.807) is 30.3 Å². The zero-order chi connectivity index (χ0) is 15.8. The molecule has 0 fully saturated rings. The van der Waals surface area contributed by atoms with E-state index in [2.05, 4.69) is 15.1 Å². The first-order valence-electron chi connectivity index (χ1n) is 6.72. The molecule has 0 aliphatic carbocycles. The first-order valence-corrected chi connectivity index (χ1v) is 7.97. The largest absolute Gasteiger partial charge is 0.334 e. The third-order valence-electron chi connectivity index (χ3n) is 3.32. The lowest BCUT2D eigenvalue weighted by Gasteiger charge is -2.00. The number of nitrogens with zero attached hydrogens (tertiary/aromatic N) is 4. The fourth-order valence-electron chi connectivity index (χ4n) is 2.19. The summed E-state index contributed by atoms with van der Waals surface area (Å²) >= 11 is 7.29. The van der Waals surface area contributed by atoms with Crippen LogP contribution >= 0.6 is 22.9 Å². The molecule has 0 atom stereocenters. The minimum Gasteiger partial charge on any atom is -0.334 e. The van der Waals surface area contributed by atoms with E-state index >= 15 is 0 Å². The van der Waals surface area contributed by atoms with Gasteiger partial charge in [-0.05, 0) is 35.7 Å². The lowest BCUT2D eigenvalue weighted by Crippen LogP contribution is -2.21. The topological polar surface area (TPSA) is 73.8 Å². The van der Waals surface area contributed by atoms with Crippen LogP contribution in [-0.4, -0.2) is 19.7 Å². The lowest BCUT2D eigenvalue weighted by atomic mass is 10.2. The number of rotatable bonds is 3. The molecule has 0 aliphatic heterocycles. The van der Waals surface area contributed by atoms with Crippen LogP contribution in [0.1, 0.15) is 5.82 Å². The molecule has 0 bridgehead atoms. The first kappa shape index (κ1) is 14.1. The Morgan fingerprint density at radius 3 is 2.87 bits per heavy atom. The highest BCUT2D eigenvalue weighted by Gasteiger charge is 2.11. The Balaban J connectivity index is 1.65. The molecule has 4 rings (SSSR count). The molecule has 0 unspecified atom stereocenters. The molecule has 0 saturated heterocycles. The highest BCUT2D eigenvalue weighted by molar-refractivity contribution is 7.16. The van der Waals surface area contributed by atoms with Crippen LogP contribution in [0.3, 0.4) is 0 Å². The molecule has 6 nitrogen and oxygen atoms in total. The number of aromatic nitrogens is 4. The number of benzene rings is 1. The Bertz CT molecular complexity index is 1040. The van der Waals surface area contributed by atoms with E-state index in [9.17, 15) is 4.79 Å². The summed E-state index contributed by atoms with van der Waals surface area (Å²) in [6.45, 7) is 0.203. The number of thiophene rings is 1. The van der Waals surface area contributed by atoms with E-state index in [-0.39, 0.29) is 12.1 Å². The molecular formula is C15H9ClN4O2S. The number of hydrogen-bond acceptors (Lipinski definition) is 6. The molecule has 3 aromatic heterocycles. The summed E-state index contributed by atoms with van der Waals surface area (Å²) in [6, 6.07) is 8.86. The van der Waals surface area contributed by atoms with Crippen LogP contribution < -0.4 is 5.56 Å². The third kappa shape index (κ3) is 2.64. The van der Waals surface area contributed by atoms with Gasteiger partial charge in [0.1, 0.15) is 4.83 Å². The highest BCUT2D eigenvalue weighted by Crippen LogP contribution is 2.20. The van der Waals surface area contributed by atoms with Gasteiger partial charge < -0.3 is 4.52 Å². The van der Waals surface area contributed by atoms with Crippen molar-refractivity contribution in [3.8, 4) is 11.5 Å². The lowest BCUT2D eigenvalue weighted by molar-refractivity contribution is 0.420. The van der Waals surface area contributed by atoms with E-state index in [1.165, 1.54) is 22.2 Å². The second kappa shape index (κ2) is 5.60. The van der Waals surface area contributed by atoms with Crippen LogP contribution in [0.4, 0.5) is 0 Å². The van der Waals surface area contributed by atoms with Gasteiger partial charge in [0.25, 0.3) is 11.4 Å². The quantitative estimate of drug-likeness (QED) is 0.570. The summed E-state index contributed by atoms with van der Waals surface area (Å²) in [5.41, 5.74) is 0.654. The monoisotopic (exact) mass is 344 g/mol. The standard InChI is InChI=1S/C15H9ClN4O2S/c16-10-3-1-9(2-4-10)13-18-12(19-22-13)7-20-8-17-14-11(15(20)21)5-6-23-14/h1-6,8H,7H2. The smallest absolute Gasteiger partial charge is 0.262 e. The van der Waals surface area contributed by atoms with E-state index in [0.717, 1.165) is 10.4 Å². The fourth-order valence-corrected chi connectivity index (χ4v) is 3.04. The maximum absolute atomic E-state index is 12.3. The van der Waals surface area contributed by atoms with Crippen LogP contribution in [0.2, 0.25) is 5.02 Å². The summed E-state index contributed by atoms with van der Waals surface area (Å²) in [5, 5.41) is 6.99. The normalized spacial score (nSPS) is 11.2. The molecule has 8 heteroatoms. The van der Waals surface area contributed by atoms with Crippen molar-refractivity contribution in [2.75, 3.05) is 0 Å². The Kier molecular flexibility index (Phi) is 3.44. The summed E-state index contributed by atoms with van der Waals surface area (Å²) in [6.07, 6.45) is 1.50. The molecule has 4 aromatic rings. The van der Waals surface area contributed by atoms with Crippen LogP contribution in [-0.2, 0) is 6.54 Å². The van der Waals surface area contributed by atoms with Gasteiger partial charge >= 0.3 is 0 Å². The van der Waals surface area contributed by atoms with E-state index in [0.29, 0.717) is 22.1 Å². The second-order valence-corrected chi connectivity index (χ2v) is 6.17. The van der Waals surface area contributed by atoms with Gasteiger partial charge in [0, 0.05) is 10.6 Å². The van der Waals surface area contributed by atoms with Crippen LogP contribution in [0.25, 0.3) is 21.7 Å². The van der Waals surface area contributed by atoms with E-state index < -0.39 is 0 Å². The molecule has 3 heterocycles. The van der Waals surface area contributed by atoms with Gasteiger partial charge in [0.2, 0.25) is 0 Å². The highest BCUT2D eigenvalue weighted by atomic mass is 35.5. The Morgan fingerprint density at radius 2 is 2.04 bits per heavy atom. The molecule has 114 valence electrons. The van der Waals surface area contributed by atoms with Crippen molar-refractivity contribution in [1.29, 1.82) is 0 Å². The molecule has 0 N–H and O–H groups in total. The zero-order valence-electron chi connectivity index (χ0n) is 11.6. The van der Waals surface area contributed by atoms with Crippen molar-refractivity contribution in [2.24, 2.45) is 0 Å². The first-order chi connectivity index (χ1) is 11.2. The fraction of sp³-hybridized carbons (Fsp3) is 0.0667. The summed E-state index contributed by atoms with van der Waals surface area (Å²) in [5.74, 6) is 0.794. The van der Waals surface area contributed by atoms with Gasteiger partial charge in [-0.15, -0.1) is 11.3 Å². The van der Waals surface area contributed by atoms with Crippen molar-refractivity contribution >= 4 is 33.2 Å². The molecule has 0 aliphatic rings. The Morgan fingerprint density at radius 1 is 1.22 bits per heavy atom. The van der Waals surface area contributed by atoms with Crippen molar-refractivity contribution in [2.45, 2.75) is 6.54 Å². The summed E-state index contributed by atoms with van der Waals surface area (Å²) in [4.78, 5) is 21.6. The van der Waals surface area contributed by atoms with Gasteiger partial charge in [-0.25, -0.2) is 4.98 Å². The van der Waals surface area contributed by atoms with Crippen molar-refractivity contribution in [1.82, 2.24) is 19.7 Å². The predicted molar refractivity (Wildman–Crippen MR) is 87.7 cm³/mol. The van der Waals surface area contributed by atoms with Gasteiger partial charge in [-0.2, -0.15) is 4.98 Å². The Hall–Kier alpha value is -2.51. The van der Waals surface area contributed by atoms with Crippen molar-refractivity contribution in [3.63, 3.8) is 0 Å². The Labute approximate surface area is 139 Å². The molecule has 1 aromatic carbocycles. The minimum atomic E-state index is -0.117. The second-order valence-electron chi connectivity index (χ2n) is 4.84. The maximum Gasteiger partial charge on any atom is 0.262 e. The van der Waals surface area contributed by atoms with Crippen LogP contribution in [0.5, 0.6) is 0 Å². The average Bonchev–Trinajstić information content (AvgIpc) is 3.20. The van der Waals surface area contributed by atoms with Crippen molar-refractivity contribution < 1.29 is 4.52 Å². The zero-order valence-corrected chi connectivity index (χ0v) is 13.2. The number of fused-ring (bicyclic) bond motifs is 1. The molecule has 0 amide bonds. The van der Waals surface area contributed by atoms with Crippen LogP contribution in [0, 0.1) is 0 Å². The average molecular weight is 345 g/mol. The number of halogens is 1. The maximum atomic E-state index is 12.3. The third-order valence-corrected chi connectivity index (χ3v) is 4.39. The molecule has 23 heavy (non-hydrogen) atoms. The van der Waals surface area contributed by atoms with Gasteiger partial charge in [-0.1, -0.05) is 16.8 Å². The SMILES string of the molecule is O=c1c2ccsc2ncn1Cc1noc(-c2ccc(Cl)cc2)n1. The van der Waals surface area contributed by atoms with Gasteiger partial charge in [0.15, 0.2) is 5.82 Å².